The van der Waals surface area contributed by atoms with Crippen molar-refractivity contribution < 1.29 is 4.42 Å². The van der Waals surface area contributed by atoms with Gasteiger partial charge in [0, 0.05) is 5.92 Å². The van der Waals surface area contributed by atoms with E-state index in [4.69, 9.17) is 16.0 Å². The van der Waals surface area contributed by atoms with E-state index in [-0.39, 0.29) is 0 Å². The molecular weight excluding hydrogens is 260 g/mol. The molecule has 4 heteroatoms. The van der Waals surface area contributed by atoms with E-state index in [9.17, 15) is 0 Å². The molecule has 2 atom stereocenters. The number of benzene rings is 1. The minimum Gasteiger partial charge on any atom is -0.460 e. The molecule has 0 radical (unpaired) electrons. The van der Waals surface area contributed by atoms with E-state index in [1.165, 1.54) is 6.42 Å². The highest BCUT2D eigenvalue weighted by atomic mass is 35.5. The van der Waals surface area contributed by atoms with Crippen LogP contribution in [0.3, 0.4) is 0 Å². The van der Waals surface area contributed by atoms with Crippen molar-refractivity contribution in [3.05, 3.63) is 52.9 Å². The average Bonchev–Trinajstić information content (AvgIpc) is 2.96. The molecule has 1 aliphatic carbocycles. The first-order valence-electron chi connectivity index (χ1n) is 6.37. The number of nitrogens with zero attached hydrogens (tertiary/aromatic N) is 1. The lowest BCUT2D eigenvalue weighted by atomic mass is 10.3. The van der Waals surface area contributed by atoms with Gasteiger partial charge in [-0.15, -0.1) is 0 Å². The molecular formula is C15H15ClN2O. The zero-order valence-corrected chi connectivity index (χ0v) is 11.4. The van der Waals surface area contributed by atoms with Gasteiger partial charge in [-0.3, -0.25) is 5.43 Å². The van der Waals surface area contributed by atoms with Crippen molar-refractivity contribution in [2.24, 2.45) is 11.0 Å². The molecule has 3 nitrogen and oxygen atoms in total. The number of rotatable bonds is 4. The second-order valence-electron chi connectivity index (χ2n) is 4.91. The first-order valence-corrected chi connectivity index (χ1v) is 6.75. The van der Waals surface area contributed by atoms with Gasteiger partial charge in [0.2, 0.25) is 0 Å². The largest absolute Gasteiger partial charge is 0.460 e. The van der Waals surface area contributed by atoms with Crippen molar-refractivity contribution in [3.63, 3.8) is 0 Å². The van der Waals surface area contributed by atoms with Crippen molar-refractivity contribution >= 4 is 23.5 Å². The van der Waals surface area contributed by atoms with Crippen LogP contribution in [-0.4, -0.2) is 6.21 Å². The Morgan fingerprint density at radius 1 is 1.32 bits per heavy atom. The molecule has 1 aromatic heterocycles. The number of furan rings is 1. The standard InChI is InChI=1S/C15H15ClN2O/c1-10-8-12(10)15-7-6-11(19-15)9-17-18-14-5-3-2-4-13(14)16/h2-7,9-10,12,18H,8H2,1H3/b17-9-/t10-,12-/m1/s1. The van der Waals surface area contributed by atoms with Crippen molar-refractivity contribution in [3.8, 4) is 0 Å². The van der Waals surface area contributed by atoms with Crippen LogP contribution >= 0.6 is 11.6 Å². The van der Waals surface area contributed by atoms with Gasteiger partial charge in [0.1, 0.15) is 11.5 Å². The van der Waals surface area contributed by atoms with Crippen molar-refractivity contribution in [1.29, 1.82) is 0 Å². The van der Waals surface area contributed by atoms with Gasteiger partial charge >= 0.3 is 0 Å². The first-order chi connectivity index (χ1) is 9.24. The summed E-state index contributed by atoms with van der Waals surface area (Å²) in [5.41, 5.74) is 3.68. The van der Waals surface area contributed by atoms with E-state index in [2.05, 4.69) is 17.5 Å². The molecule has 1 aliphatic rings. The summed E-state index contributed by atoms with van der Waals surface area (Å²) in [6.45, 7) is 2.24. The highest BCUT2D eigenvalue weighted by Gasteiger charge is 2.36. The second kappa shape index (κ2) is 5.10. The van der Waals surface area contributed by atoms with Crippen LogP contribution in [0.4, 0.5) is 5.69 Å². The Morgan fingerprint density at radius 3 is 2.84 bits per heavy atom. The third-order valence-corrected chi connectivity index (χ3v) is 3.70. The minimum absolute atomic E-state index is 0.596. The Bertz CT molecular complexity index is 606. The van der Waals surface area contributed by atoms with Crippen molar-refractivity contribution in [1.82, 2.24) is 0 Å². The topological polar surface area (TPSA) is 37.5 Å². The molecule has 0 aliphatic heterocycles. The van der Waals surface area contributed by atoms with Crippen molar-refractivity contribution in [2.75, 3.05) is 5.43 Å². The van der Waals surface area contributed by atoms with Gasteiger partial charge in [0.15, 0.2) is 0 Å². The molecule has 1 fully saturated rings. The predicted molar refractivity (Wildman–Crippen MR) is 77.9 cm³/mol. The fourth-order valence-electron chi connectivity index (χ4n) is 2.07. The fraction of sp³-hybridized carbons (Fsp3) is 0.267. The Morgan fingerprint density at radius 2 is 2.11 bits per heavy atom. The summed E-state index contributed by atoms with van der Waals surface area (Å²) in [7, 11) is 0. The second-order valence-corrected chi connectivity index (χ2v) is 5.32. The summed E-state index contributed by atoms with van der Waals surface area (Å²) in [6.07, 6.45) is 2.89. The maximum atomic E-state index is 6.02. The number of hydrazone groups is 1. The third-order valence-electron chi connectivity index (χ3n) is 3.37. The van der Waals surface area contributed by atoms with E-state index >= 15 is 0 Å². The summed E-state index contributed by atoms with van der Waals surface area (Å²) in [6, 6.07) is 11.5. The van der Waals surface area contributed by atoms with Crippen LogP contribution in [-0.2, 0) is 0 Å². The monoisotopic (exact) mass is 274 g/mol. The Kier molecular flexibility index (Phi) is 3.30. The maximum Gasteiger partial charge on any atom is 0.147 e. The summed E-state index contributed by atoms with van der Waals surface area (Å²) in [5.74, 6) is 3.16. The molecule has 98 valence electrons. The predicted octanol–water partition coefficient (Wildman–Crippen LogP) is 4.50. The normalized spacial score (nSPS) is 21.8. The number of hydrogen-bond donors (Lipinski definition) is 1. The average molecular weight is 275 g/mol. The van der Waals surface area contributed by atoms with Crippen molar-refractivity contribution in [2.45, 2.75) is 19.3 Å². The van der Waals surface area contributed by atoms with Crippen LogP contribution in [0.15, 0.2) is 45.9 Å². The van der Waals surface area contributed by atoms with E-state index < -0.39 is 0 Å². The number of nitrogens with one attached hydrogen (secondary N) is 1. The molecule has 2 aromatic rings. The van der Waals surface area contributed by atoms with Gasteiger partial charge in [-0.25, -0.2) is 0 Å². The molecule has 3 rings (SSSR count). The van der Waals surface area contributed by atoms with Crippen LogP contribution in [0, 0.1) is 5.92 Å². The van der Waals surface area contributed by atoms with Crippen LogP contribution < -0.4 is 5.43 Å². The quantitative estimate of drug-likeness (QED) is 0.658. The van der Waals surface area contributed by atoms with Gasteiger partial charge in [-0.05, 0) is 36.6 Å². The van der Waals surface area contributed by atoms with Gasteiger partial charge in [0.05, 0.1) is 16.9 Å². The van der Waals surface area contributed by atoms with E-state index in [1.807, 2.05) is 36.4 Å². The van der Waals surface area contributed by atoms with Crippen LogP contribution in [0.1, 0.15) is 30.8 Å². The summed E-state index contributed by atoms with van der Waals surface area (Å²) >= 11 is 6.02. The van der Waals surface area contributed by atoms with Gasteiger partial charge < -0.3 is 4.42 Å². The lowest BCUT2D eigenvalue weighted by Crippen LogP contribution is -1.90. The third kappa shape index (κ3) is 2.82. The Balaban J connectivity index is 1.63. The Labute approximate surface area is 117 Å². The smallest absolute Gasteiger partial charge is 0.147 e. The van der Waals surface area contributed by atoms with Gasteiger partial charge in [-0.2, -0.15) is 5.10 Å². The summed E-state index contributed by atoms with van der Waals surface area (Å²) < 4.78 is 5.72. The number of anilines is 1. The summed E-state index contributed by atoms with van der Waals surface area (Å²) in [4.78, 5) is 0. The molecule has 0 amide bonds. The minimum atomic E-state index is 0.596. The molecule has 1 N–H and O–H groups in total. The van der Waals surface area contributed by atoms with Crippen LogP contribution in [0.25, 0.3) is 0 Å². The summed E-state index contributed by atoms with van der Waals surface area (Å²) in [5, 5.41) is 4.78. The fourth-order valence-corrected chi connectivity index (χ4v) is 2.25. The zero-order valence-electron chi connectivity index (χ0n) is 10.6. The molecule has 0 saturated heterocycles. The first kappa shape index (κ1) is 12.3. The van der Waals surface area contributed by atoms with Gasteiger partial charge in [0.25, 0.3) is 0 Å². The molecule has 19 heavy (non-hydrogen) atoms. The highest BCUT2D eigenvalue weighted by molar-refractivity contribution is 6.33. The van der Waals surface area contributed by atoms with Crippen LogP contribution in [0.5, 0.6) is 0 Å². The molecule has 1 saturated carbocycles. The molecule has 0 bridgehead atoms. The molecule has 1 heterocycles. The molecule has 0 spiro atoms. The number of halogens is 1. The lowest BCUT2D eigenvalue weighted by Gasteiger charge is -2.00. The molecule has 0 unspecified atom stereocenters. The number of para-hydroxylation sites is 1. The maximum absolute atomic E-state index is 6.02. The SMILES string of the molecule is C[C@@H]1C[C@H]1c1ccc(/C=N\Nc2ccccc2Cl)o1. The lowest BCUT2D eigenvalue weighted by molar-refractivity contribution is 0.500. The highest BCUT2D eigenvalue weighted by Crippen LogP contribution is 2.47. The van der Waals surface area contributed by atoms with Crippen LogP contribution in [0.2, 0.25) is 5.02 Å². The zero-order chi connectivity index (χ0) is 13.2. The Hall–Kier alpha value is -1.74. The van der Waals surface area contributed by atoms with E-state index in [0.29, 0.717) is 10.9 Å². The van der Waals surface area contributed by atoms with Gasteiger partial charge in [-0.1, -0.05) is 30.7 Å². The van der Waals surface area contributed by atoms with E-state index in [1.54, 1.807) is 6.21 Å². The van der Waals surface area contributed by atoms with E-state index in [0.717, 1.165) is 23.1 Å². The molecule has 1 aromatic carbocycles. The number of hydrogen-bond acceptors (Lipinski definition) is 3.